The molecule has 0 saturated carbocycles. The highest BCUT2D eigenvalue weighted by Crippen LogP contribution is 2.27. The minimum atomic E-state index is -2.85. The fourth-order valence-electron chi connectivity index (χ4n) is 1.11. The molecule has 0 unspecified atom stereocenters. The van der Waals surface area contributed by atoms with E-state index in [0.717, 1.165) is 6.07 Å². The Morgan fingerprint density at radius 3 is 2.87 bits per heavy atom. The first-order valence-electron chi connectivity index (χ1n) is 4.27. The summed E-state index contributed by atoms with van der Waals surface area (Å²) in [5.74, 6) is -1.17. The van der Waals surface area contributed by atoms with Crippen molar-refractivity contribution in [2.45, 2.75) is 13.3 Å². The number of carbonyl (C=O) groups excluding carboxylic acids is 1. The Hall–Kier alpha value is -1.72. The quantitative estimate of drug-likeness (QED) is 0.782. The average Bonchev–Trinajstić information content (AvgIpc) is 2.17. The Bertz CT molecular complexity index is 369. The lowest BCUT2D eigenvalue weighted by Gasteiger charge is -2.09. The van der Waals surface area contributed by atoms with Crippen molar-refractivity contribution in [2.24, 2.45) is 0 Å². The minimum Gasteiger partial charge on any atom is -0.462 e. The second-order valence-corrected chi connectivity index (χ2v) is 2.68. The number of rotatable bonds is 3. The fraction of sp³-hybridized carbons (Fsp3) is 0.333. The predicted molar refractivity (Wildman–Crippen MR) is 49.6 cm³/mol. The van der Waals surface area contributed by atoms with Gasteiger partial charge in [-0.1, -0.05) is 0 Å². The zero-order valence-electron chi connectivity index (χ0n) is 8.04. The number of anilines is 1. The molecule has 4 nitrogen and oxygen atoms in total. The standard InChI is InChI=1S/C9H10F2N2O2/c1-2-15-9(14)5-3-4-13-8(12)6(5)7(10)11/h3-4,7H,2H2,1H3,(H2,12,13). The summed E-state index contributed by atoms with van der Waals surface area (Å²) in [6.45, 7) is 1.70. The van der Waals surface area contributed by atoms with E-state index in [9.17, 15) is 13.6 Å². The summed E-state index contributed by atoms with van der Waals surface area (Å²) in [6, 6.07) is 1.16. The van der Waals surface area contributed by atoms with E-state index in [1.165, 1.54) is 6.20 Å². The number of pyridine rings is 1. The predicted octanol–water partition coefficient (Wildman–Crippen LogP) is 1.78. The number of nitrogens with zero attached hydrogens (tertiary/aromatic N) is 1. The molecule has 2 N–H and O–H groups in total. The Labute approximate surface area is 85.1 Å². The van der Waals surface area contributed by atoms with Gasteiger partial charge in [0.15, 0.2) is 0 Å². The maximum Gasteiger partial charge on any atom is 0.338 e. The van der Waals surface area contributed by atoms with Gasteiger partial charge in [-0.15, -0.1) is 0 Å². The van der Waals surface area contributed by atoms with Gasteiger partial charge in [-0.05, 0) is 13.0 Å². The molecule has 0 radical (unpaired) electrons. The Kier molecular flexibility index (Phi) is 3.54. The van der Waals surface area contributed by atoms with E-state index in [0.29, 0.717) is 0 Å². The Morgan fingerprint density at radius 1 is 1.67 bits per heavy atom. The molecule has 1 aromatic rings. The van der Waals surface area contributed by atoms with Crippen LogP contribution in [0.5, 0.6) is 0 Å². The SMILES string of the molecule is CCOC(=O)c1ccnc(N)c1C(F)F. The molecule has 1 rings (SSSR count). The smallest absolute Gasteiger partial charge is 0.338 e. The highest BCUT2D eigenvalue weighted by Gasteiger charge is 2.22. The maximum absolute atomic E-state index is 12.6. The average molecular weight is 216 g/mol. The van der Waals surface area contributed by atoms with Crippen molar-refractivity contribution in [3.8, 4) is 0 Å². The second kappa shape index (κ2) is 4.68. The van der Waals surface area contributed by atoms with E-state index in [1.54, 1.807) is 6.92 Å². The lowest BCUT2D eigenvalue weighted by molar-refractivity contribution is 0.0515. The number of aromatic nitrogens is 1. The van der Waals surface area contributed by atoms with Gasteiger partial charge >= 0.3 is 5.97 Å². The van der Waals surface area contributed by atoms with Crippen LogP contribution in [0.4, 0.5) is 14.6 Å². The van der Waals surface area contributed by atoms with Crippen LogP contribution in [0.25, 0.3) is 0 Å². The lowest BCUT2D eigenvalue weighted by atomic mass is 10.1. The molecule has 15 heavy (non-hydrogen) atoms. The van der Waals surface area contributed by atoms with Crippen LogP contribution in [0.2, 0.25) is 0 Å². The Morgan fingerprint density at radius 2 is 2.33 bits per heavy atom. The van der Waals surface area contributed by atoms with Crippen LogP contribution in [0.15, 0.2) is 12.3 Å². The second-order valence-electron chi connectivity index (χ2n) is 2.68. The molecule has 0 saturated heterocycles. The van der Waals surface area contributed by atoms with Crippen LogP contribution in [-0.4, -0.2) is 17.6 Å². The van der Waals surface area contributed by atoms with E-state index in [-0.39, 0.29) is 18.0 Å². The monoisotopic (exact) mass is 216 g/mol. The van der Waals surface area contributed by atoms with Gasteiger partial charge in [-0.3, -0.25) is 0 Å². The molecule has 0 spiro atoms. The fourth-order valence-corrected chi connectivity index (χ4v) is 1.11. The number of nitrogen functional groups attached to an aromatic ring is 1. The molecule has 0 atom stereocenters. The summed E-state index contributed by atoms with van der Waals surface area (Å²) in [5.41, 5.74) is 4.45. The molecule has 6 heteroatoms. The number of hydrogen-bond acceptors (Lipinski definition) is 4. The van der Waals surface area contributed by atoms with E-state index in [2.05, 4.69) is 9.72 Å². The molecule has 0 aromatic carbocycles. The first-order chi connectivity index (χ1) is 7.07. The van der Waals surface area contributed by atoms with Crippen molar-refractivity contribution in [2.75, 3.05) is 12.3 Å². The number of halogens is 2. The number of nitrogens with two attached hydrogens (primary N) is 1. The van der Waals surface area contributed by atoms with Crippen molar-refractivity contribution >= 4 is 11.8 Å². The van der Waals surface area contributed by atoms with Gasteiger partial charge in [-0.2, -0.15) is 0 Å². The van der Waals surface area contributed by atoms with Crippen LogP contribution in [0, 0.1) is 0 Å². The van der Waals surface area contributed by atoms with Crippen molar-refractivity contribution in [1.82, 2.24) is 4.98 Å². The first kappa shape index (κ1) is 11.4. The summed E-state index contributed by atoms with van der Waals surface area (Å²) in [6.07, 6.45) is -1.66. The van der Waals surface area contributed by atoms with Crippen molar-refractivity contribution in [3.63, 3.8) is 0 Å². The Balaban J connectivity index is 3.17. The molecule has 0 bridgehead atoms. The number of esters is 1. The molecular weight excluding hydrogens is 206 g/mol. The summed E-state index contributed by atoms with van der Waals surface area (Å²) < 4.78 is 29.7. The molecule has 0 aliphatic carbocycles. The van der Waals surface area contributed by atoms with Crippen LogP contribution in [0.3, 0.4) is 0 Å². The van der Waals surface area contributed by atoms with Gasteiger partial charge in [0.2, 0.25) is 0 Å². The molecule has 0 amide bonds. The number of alkyl halides is 2. The van der Waals surface area contributed by atoms with Gasteiger partial charge < -0.3 is 10.5 Å². The summed E-state index contributed by atoms with van der Waals surface area (Å²) in [7, 11) is 0. The zero-order chi connectivity index (χ0) is 11.4. The van der Waals surface area contributed by atoms with E-state index >= 15 is 0 Å². The molecular formula is C9H10F2N2O2. The minimum absolute atomic E-state index is 0.115. The highest BCUT2D eigenvalue weighted by atomic mass is 19.3. The molecule has 0 aliphatic rings. The number of ether oxygens (including phenoxy) is 1. The van der Waals surface area contributed by atoms with Gasteiger partial charge in [-0.25, -0.2) is 18.6 Å². The number of carbonyl (C=O) groups is 1. The highest BCUT2D eigenvalue weighted by molar-refractivity contribution is 5.92. The molecule has 1 heterocycles. The van der Waals surface area contributed by atoms with Crippen molar-refractivity contribution in [3.05, 3.63) is 23.4 Å². The van der Waals surface area contributed by atoms with E-state index in [4.69, 9.17) is 5.73 Å². The topological polar surface area (TPSA) is 65.2 Å². The van der Waals surface area contributed by atoms with E-state index < -0.39 is 18.0 Å². The van der Waals surface area contributed by atoms with Crippen LogP contribution >= 0.6 is 0 Å². The third-order valence-corrected chi connectivity index (χ3v) is 1.73. The van der Waals surface area contributed by atoms with Crippen LogP contribution in [0.1, 0.15) is 29.3 Å². The third-order valence-electron chi connectivity index (χ3n) is 1.73. The molecule has 0 aliphatic heterocycles. The normalized spacial score (nSPS) is 10.4. The lowest BCUT2D eigenvalue weighted by Crippen LogP contribution is -2.11. The van der Waals surface area contributed by atoms with Crippen molar-refractivity contribution < 1.29 is 18.3 Å². The maximum atomic E-state index is 12.6. The van der Waals surface area contributed by atoms with Crippen LogP contribution < -0.4 is 5.73 Å². The van der Waals surface area contributed by atoms with Gasteiger partial charge in [0.05, 0.1) is 17.7 Å². The molecule has 1 aromatic heterocycles. The first-order valence-corrected chi connectivity index (χ1v) is 4.27. The third kappa shape index (κ3) is 2.39. The molecule has 82 valence electrons. The summed E-state index contributed by atoms with van der Waals surface area (Å²) in [4.78, 5) is 14.8. The largest absolute Gasteiger partial charge is 0.462 e. The zero-order valence-corrected chi connectivity index (χ0v) is 8.04. The van der Waals surface area contributed by atoms with Crippen molar-refractivity contribution in [1.29, 1.82) is 0 Å². The van der Waals surface area contributed by atoms with Gasteiger partial charge in [0.1, 0.15) is 5.82 Å². The van der Waals surface area contributed by atoms with Gasteiger partial charge in [0.25, 0.3) is 6.43 Å². The summed E-state index contributed by atoms with van der Waals surface area (Å²) >= 11 is 0. The van der Waals surface area contributed by atoms with Gasteiger partial charge in [0, 0.05) is 6.20 Å². The number of hydrogen-bond donors (Lipinski definition) is 1. The molecule has 0 fully saturated rings. The van der Waals surface area contributed by atoms with Crippen LogP contribution in [-0.2, 0) is 4.74 Å². The van der Waals surface area contributed by atoms with E-state index in [1.807, 2.05) is 0 Å². The summed E-state index contributed by atoms with van der Waals surface area (Å²) in [5, 5.41) is 0.